The van der Waals surface area contributed by atoms with Gasteiger partial charge in [-0.15, -0.1) is 0 Å². The highest BCUT2D eigenvalue weighted by Gasteiger charge is 2.47. The molecule has 1 aromatic carbocycles. The fraction of sp³-hybridized carbons (Fsp3) is 0.682. The molecule has 3 aliphatic heterocycles. The van der Waals surface area contributed by atoms with Gasteiger partial charge in [-0.05, 0) is 44.2 Å². The van der Waals surface area contributed by atoms with Gasteiger partial charge in [0.25, 0.3) is 0 Å². The monoisotopic (exact) mass is 386 g/mol. The summed E-state index contributed by atoms with van der Waals surface area (Å²) in [6, 6.07) is 9.18. The van der Waals surface area contributed by atoms with E-state index < -0.39 is 5.79 Å². The van der Waals surface area contributed by atoms with Crippen molar-refractivity contribution in [3.63, 3.8) is 0 Å². The highest BCUT2D eigenvalue weighted by molar-refractivity contribution is 5.80. The highest BCUT2D eigenvalue weighted by Crippen LogP contribution is 2.41. The van der Waals surface area contributed by atoms with Gasteiger partial charge in [0.1, 0.15) is 5.60 Å². The number of carbonyl (C=O) groups is 1. The van der Waals surface area contributed by atoms with Crippen molar-refractivity contribution in [2.45, 2.75) is 69.4 Å². The molecular formula is C22H30N2O4. The van der Waals surface area contributed by atoms with E-state index >= 15 is 0 Å². The summed E-state index contributed by atoms with van der Waals surface area (Å²) in [5, 5.41) is 0. The van der Waals surface area contributed by atoms with Crippen LogP contribution in [0.5, 0.6) is 0 Å². The first-order valence-corrected chi connectivity index (χ1v) is 10.6. The van der Waals surface area contributed by atoms with Crippen LogP contribution in [0.1, 0.15) is 56.7 Å². The molecular weight excluding hydrogens is 356 g/mol. The summed E-state index contributed by atoms with van der Waals surface area (Å²) in [5.41, 5.74) is 2.33. The molecule has 152 valence electrons. The standard InChI is InChI=1S/C22H30N2O4/c1-21(2)15-26-22(28-27-21)10-7-17(8-11-22)23-13-19-18-6-4-3-5-16(18)9-12-24(19)20(25)14-23/h3-6,17,19H,7-15H2,1-2H3. The smallest absolute Gasteiger partial charge is 0.237 e. The molecule has 0 radical (unpaired) electrons. The van der Waals surface area contributed by atoms with Gasteiger partial charge in [-0.2, -0.15) is 0 Å². The Morgan fingerprint density at radius 2 is 1.89 bits per heavy atom. The van der Waals surface area contributed by atoms with Crippen molar-refractivity contribution in [2.75, 3.05) is 26.2 Å². The van der Waals surface area contributed by atoms with E-state index in [0.717, 1.165) is 45.2 Å². The molecule has 5 rings (SSSR count). The topological polar surface area (TPSA) is 51.2 Å². The molecule has 6 nitrogen and oxygen atoms in total. The number of ether oxygens (including phenoxy) is 1. The number of hydrogen-bond acceptors (Lipinski definition) is 5. The third kappa shape index (κ3) is 3.26. The average Bonchev–Trinajstić information content (AvgIpc) is 2.71. The number of carbonyl (C=O) groups excluding carboxylic acids is 1. The summed E-state index contributed by atoms with van der Waals surface area (Å²) in [6.45, 7) is 6.79. The van der Waals surface area contributed by atoms with Gasteiger partial charge in [-0.3, -0.25) is 9.69 Å². The maximum Gasteiger partial charge on any atom is 0.237 e. The average molecular weight is 386 g/mol. The lowest BCUT2D eigenvalue weighted by molar-refractivity contribution is -0.511. The molecule has 0 aromatic heterocycles. The SMILES string of the molecule is CC1(C)COC2(CCC(N3CC(=O)N4CCc5ccccc5C4C3)CC2)OO1. The van der Waals surface area contributed by atoms with Crippen LogP contribution in [0, 0.1) is 0 Å². The molecule has 1 saturated carbocycles. The van der Waals surface area contributed by atoms with E-state index in [1.165, 1.54) is 11.1 Å². The van der Waals surface area contributed by atoms with E-state index in [0.29, 0.717) is 19.2 Å². The molecule has 1 amide bonds. The summed E-state index contributed by atoms with van der Waals surface area (Å²) >= 11 is 0. The Hall–Kier alpha value is -1.47. The first kappa shape index (κ1) is 18.6. The molecule has 1 aromatic rings. The maximum absolute atomic E-state index is 12.9. The zero-order valence-electron chi connectivity index (χ0n) is 16.9. The normalized spacial score (nSPS) is 35.5. The summed E-state index contributed by atoms with van der Waals surface area (Å²) in [7, 11) is 0. The largest absolute Gasteiger partial charge is 0.344 e. The van der Waals surface area contributed by atoms with Gasteiger partial charge in [-0.25, -0.2) is 9.78 Å². The minimum absolute atomic E-state index is 0.188. The van der Waals surface area contributed by atoms with E-state index in [9.17, 15) is 4.79 Å². The van der Waals surface area contributed by atoms with Crippen molar-refractivity contribution in [3.05, 3.63) is 35.4 Å². The highest BCUT2D eigenvalue weighted by atomic mass is 17.2. The van der Waals surface area contributed by atoms with Crippen LogP contribution in [-0.4, -0.2) is 59.4 Å². The minimum Gasteiger partial charge on any atom is -0.344 e. The quantitative estimate of drug-likeness (QED) is 0.695. The van der Waals surface area contributed by atoms with Gasteiger partial charge in [0.15, 0.2) is 0 Å². The number of piperazine rings is 1. The Kier molecular flexibility index (Phi) is 4.51. The van der Waals surface area contributed by atoms with E-state index in [2.05, 4.69) is 34.1 Å². The molecule has 0 bridgehead atoms. The van der Waals surface area contributed by atoms with Gasteiger partial charge < -0.3 is 9.64 Å². The Balaban J connectivity index is 1.27. The lowest BCUT2D eigenvalue weighted by atomic mass is 9.86. The zero-order valence-corrected chi connectivity index (χ0v) is 16.9. The second kappa shape index (κ2) is 6.80. The minimum atomic E-state index is -0.602. The Labute approximate surface area is 166 Å². The van der Waals surface area contributed by atoms with Crippen molar-refractivity contribution in [1.29, 1.82) is 0 Å². The molecule has 4 aliphatic rings. The van der Waals surface area contributed by atoms with Crippen LogP contribution < -0.4 is 0 Å². The molecule has 2 saturated heterocycles. The zero-order chi connectivity index (χ0) is 19.4. The molecule has 1 atom stereocenters. The number of nitrogens with zero attached hydrogens (tertiary/aromatic N) is 2. The summed E-state index contributed by atoms with van der Waals surface area (Å²) in [5.74, 6) is -0.337. The van der Waals surface area contributed by atoms with Crippen molar-refractivity contribution in [2.24, 2.45) is 0 Å². The van der Waals surface area contributed by atoms with Crippen LogP contribution in [-0.2, 0) is 25.7 Å². The predicted molar refractivity (Wildman–Crippen MR) is 103 cm³/mol. The number of benzene rings is 1. The van der Waals surface area contributed by atoms with E-state index in [1.807, 2.05) is 13.8 Å². The lowest BCUT2D eigenvalue weighted by Crippen LogP contribution is -2.58. The molecule has 1 aliphatic carbocycles. The first-order valence-electron chi connectivity index (χ1n) is 10.6. The number of fused-ring (bicyclic) bond motifs is 3. The molecule has 6 heteroatoms. The lowest BCUT2D eigenvalue weighted by Gasteiger charge is -2.50. The Bertz CT molecular complexity index is 745. The summed E-state index contributed by atoms with van der Waals surface area (Å²) in [4.78, 5) is 28.6. The van der Waals surface area contributed by atoms with Gasteiger partial charge in [0.05, 0.1) is 19.2 Å². The van der Waals surface area contributed by atoms with Gasteiger partial charge in [-0.1, -0.05) is 24.3 Å². The van der Waals surface area contributed by atoms with Crippen LogP contribution in [0.25, 0.3) is 0 Å². The fourth-order valence-corrected chi connectivity index (χ4v) is 5.15. The van der Waals surface area contributed by atoms with Crippen molar-refractivity contribution in [1.82, 2.24) is 9.80 Å². The van der Waals surface area contributed by atoms with E-state index in [4.69, 9.17) is 14.5 Å². The summed E-state index contributed by atoms with van der Waals surface area (Å²) < 4.78 is 6.07. The van der Waals surface area contributed by atoms with Crippen molar-refractivity contribution >= 4 is 5.91 Å². The van der Waals surface area contributed by atoms with Gasteiger partial charge in [0, 0.05) is 32.0 Å². The molecule has 3 heterocycles. The second-order valence-electron chi connectivity index (χ2n) is 9.34. The third-order valence-electron chi connectivity index (χ3n) is 6.81. The first-order chi connectivity index (χ1) is 13.4. The third-order valence-corrected chi connectivity index (χ3v) is 6.81. The van der Waals surface area contributed by atoms with Crippen molar-refractivity contribution in [3.8, 4) is 0 Å². The fourth-order valence-electron chi connectivity index (χ4n) is 5.15. The number of amides is 1. The molecule has 0 N–H and O–H groups in total. The van der Waals surface area contributed by atoms with Gasteiger partial charge in [0.2, 0.25) is 11.7 Å². The Morgan fingerprint density at radius 1 is 1.11 bits per heavy atom. The summed E-state index contributed by atoms with van der Waals surface area (Å²) in [6.07, 6.45) is 4.51. The molecule has 1 spiro atoms. The second-order valence-corrected chi connectivity index (χ2v) is 9.34. The predicted octanol–water partition coefficient (Wildman–Crippen LogP) is 2.82. The van der Waals surface area contributed by atoms with E-state index in [-0.39, 0.29) is 17.6 Å². The molecule has 28 heavy (non-hydrogen) atoms. The number of rotatable bonds is 1. The molecule has 1 unspecified atom stereocenters. The Morgan fingerprint density at radius 3 is 2.64 bits per heavy atom. The van der Waals surface area contributed by atoms with Crippen molar-refractivity contribution < 1.29 is 19.3 Å². The number of hydrogen-bond donors (Lipinski definition) is 0. The van der Waals surface area contributed by atoms with Crippen LogP contribution in [0.3, 0.4) is 0 Å². The van der Waals surface area contributed by atoms with Crippen LogP contribution >= 0.6 is 0 Å². The van der Waals surface area contributed by atoms with E-state index in [1.54, 1.807) is 0 Å². The van der Waals surface area contributed by atoms with Gasteiger partial charge >= 0.3 is 0 Å². The maximum atomic E-state index is 12.9. The van der Waals surface area contributed by atoms with Crippen LogP contribution in [0.15, 0.2) is 24.3 Å². The van der Waals surface area contributed by atoms with Crippen LogP contribution in [0.4, 0.5) is 0 Å². The van der Waals surface area contributed by atoms with Crippen LogP contribution in [0.2, 0.25) is 0 Å². The molecule has 3 fully saturated rings.